The SMILES string of the molecule is CCCN(C(=O)C(CC(=O)[C@H]1CCCCN1C)[C@@H](C)CC)[C@H](C[C@@H](OC(C)=O)c1nc(C(=O)N[C@@H](Cc2ccc(F)cc2)C[C@H](C)C(=O)O)cs1)C(C)C. The third-order valence-electron chi connectivity index (χ3n) is 10.7. The number of hydrogen-bond donors (Lipinski definition) is 2. The second kappa shape index (κ2) is 21.4. The minimum Gasteiger partial charge on any atom is -0.481 e. The second-order valence-corrected chi connectivity index (χ2v) is 16.3. The summed E-state index contributed by atoms with van der Waals surface area (Å²) in [5.41, 5.74) is 0.824. The standard InChI is InChI=1S/C41H61FN4O7S/c1-9-18-46(40(50)32(26(5)10-2)22-36(48)34-13-11-12-19-45(34)8)35(25(3)4)23-37(53-28(7)47)39-44-33(24-54-39)38(49)43-31(20-27(6)41(51)52)21-29-14-16-30(42)17-15-29/h14-17,24-27,31-32,34-35,37H,9-13,18-23H2,1-8H3,(H,43,49)(H,51,52)/t26-,27-,31+,32?,34+,35+,37+/m0/s1. The van der Waals surface area contributed by atoms with E-state index in [1.807, 2.05) is 46.6 Å². The molecule has 1 unspecified atom stereocenters. The number of halogens is 1. The van der Waals surface area contributed by atoms with Crippen LogP contribution in [0.3, 0.4) is 0 Å². The van der Waals surface area contributed by atoms with Gasteiger partial charge in [-0.1, -0.05) is 66.5 Å². The number of hydrogen-bond acceptors (Lipinski definition) is 9. The van der Waals surface area contributed by atoms with Gasteiger partial charge >= 0.3 is 11.9 Å². The molecule has 1 fully saturated rings. The lowest BCUT2D eigenvalue weighted by Crippen LogP contribution is -2.50. The number of carbonyl (C=O) groups excluding carboxylic acids is 4. The summed E-state index contributed by atoms with van der Waals surface area (Å²) < 4.78 is 19.4. The smallest absolute Gasteiger partial charge is 0.306 e. The molecule has 54 heavy (non-hydrogen) atoms. The fourth-order valence-electron chi connectivity index (χ4n) is 7.35. The van der Waals surface area contributed by atoms with E-state index in [0.29, 0.717) is 18.0 Å². The number of carbonyl (C=O) groups is 5. The van der Waals surface area contributed by atoms with Gasteiger partial charge in [-0.3, -0.25) is 28.9 Å². The molecule has 11 nitrogen and oxygen atoms in total. The number of ketones is 1. The summed E-state index contributed by atoms with van der Waals surface area (Å²) in [4.78, 5) is 74.6. The van der Waals surface area contributed by atoms with E-state index in [1.54, 1.807) is 24.4 Å². The molecular weight excluding hydrogens is 712 g/mol. The zero-order chi connectivity index (χ0) is 40.1. The Bertz CT molecular complexity index is 1550. The number of piperidine rings is 1. The van der Waals surface area contributed by atoms with E-state index >= 15 is 0 Å². The van der Waals surface area contributed by atoms with Crippen molar-refractivity contribution in [1.29, 1.82) is 0 Å². The molecule has 0 saturated carbocycles. The molecule has 1 aromatic heterocycles. The molecule has 300 valence electrons. The number of rotatable bonds is 21. The monoisotopic (exact) mass is 772 g/mol. The van der Waals surface area contributed by atoms with Crippen LogP contribution < -0.4 is 5.32 Å². The van der Waals surface area contributed by atoms with Gasteiger partial charge in [-0.2, -0.15) is 0 Å². The number of carboxylic acid groups (broad SMARTS) is 1. The lowest BCUT2D eigenvalue weighted by molar-refractivity contribution is -0.150. The number of aliphatic carboxylic acids is 1. The molecule has 0 radical (unpaired) electrons. The number of likely N-dealkylation sites (N-methyl/N-ethyl adjacent to an activating group) is 1. The highest BCUT2D eigenvalue weighted by Crippen LogP contribution is 2.33. The third-order valence-corrected chi connectivity index (χ3v) is 11.6. The zero-order valence-electron chi connectivity index (χ0n) is 33.3. The van der Waals surface area contributed by atoms with E-state index in [1.165, 1.54) is 30.4 Å². The molecule has 1 aliphatic rings. The van der Waals surface area contributed by atoms with Crippen molar-refractivity contribution in [3.63, 3.8) is 0 Å². The average Bonchev–Trinajstić information content (AvgIpc) is 3.62. The number of ether oxygens (including phenoxy) is 1. The Morgan fingerprint density at radius 1 is 1.07 bits per heavy atom. The first-order chi connectivity index (χ1) is 25.6. The number of likely N-dealkylation sites (tertiary alicyclic amines) is 1. The maximum atomic E-state index is 14.6. The lowest BCUT2D eigenvalue weighted by atomic mass is 9.82. The van der Waals surface area contributed by atoms with Crippen molar-refractivity contribution in [3.8, 4) is 0 Å². The second-order valence-electron chi connectivity index (χ2n) is 15.4. The Labute approximate surface area is 324 Å². The predicted molar refractivity (Wildman–Crippen MR) is 207 cm³/mol. The number of nitrogens with zero attached hydrogens (tertiary/aromatic N) is 3. The maximum Gasteiger partial charge on any atom is 0.306 e. The normalized spacial score (nSPS) is 18.2. The highest BCUT2D eigenvalue weighted by Gasteiger charge is 2.39. The Balaban J connectivity index is 1.88. The number of aromatic nitrogens is 1. The topological polar surface area (TPSA) is 146 Å². The van der Waals surface area contributed by atoms with Crippen molar-refractivity contribution >= 4 is 40.9 Å². The van der Waals surface area contributed by atoms with Crippen molar-refractivity contribution in [2.24, 2.45) is 23.7 Å². The highest BCUT2D eigenvalue weighted by molar-refractivity contribution is 7.09. The van der Waals surface area contributed by atoms with Crippen LogP contribution in [0.15, 0.2) is 29.6 Å². The Hall–Kier alpha value is -3.71. The van der Waals surface area contributed by atoms with Crippen molar-refractivity contribution in [1.82, 2.24) is 20.1 Å². The molecule has 2 heterocycles. The third kappa shape index (κ3) is 13.0. The van der Waals surface area contributed by atoms with Crippen molar-refractivity contribution in [2.75, 3.05) is 20.1 Å². The minimum atomic E-state index is -0.997. The van der Waals surface area contributed by atoms with Crippen molar-refractivity contribution in [3.05, 3.63) is 51.7 Å². The summed E-state index contributed by atoms with van der Waals surface area (Å²) in [5, 5.41) is 14.4. The van der Waals surface area contributed by atoms with E-state index in [4.69, 9.17) is 4.74 Å². The minimum absolute atomic E-state index is 0.0165. The van der Waals surface area contributed by atoms with Crippen LogP contribution in [0, 0.1) is 29.5 Å². The molecule has 7 atom stereocenters. The fraction of sp³-hybridized carbons (Fsp3) is 0.659. The molecule has 2 aromatic rings. The average molecular weight is 773 g/mol. The van der Waals surface area contributed by atoms with Gasteiger partial charge in [-0.05, 0) is 75.2 Å². The molecule has 1 aliphatic heterocycles. The first kappa shape index (κ1) is 44.7. The first-order valence-electron chi connectivity index (χ1n) is 19.5. The summed E-state index contributed by atoms with van der Waals surface area (Å²) in [5.74, 6) is -3.69. The van der Waals surface area contributed by atoms with Crippen LogP contribution in [0.2, 0.25) is 0 Å². The van der Waals surface area contributed by atoms with Crippen LogP contribution in [0.25, 0.3) is 0 Å². The highest BCUT2D eigenvalue weighted by atomic mass is 32.1. The van der Waals surface area contributed by atoms with Crippen LogP contribution in [0.4, 0.5) is 4.39 Å². The van der Waals surface area contributed by atoms with Crippen LogP contribution in [-0.4, -0.2) is 87.7 Å². The van der Waals surface area contributed by atoms with E-state index in [0.717, 1.165) is 37.8 Å². The van der Waals surface area contributed by atoms with Crippen LogP contribution in [0.5, 0.6) is 0 Å². The predicted octanol–water partition coefficient (Wildman–Crippen LogP) is 7.10. The van der Waals surface area contributed by atoms with Gasteiger partial charge in [0.25, 0.3) is 5.91 Å². The summed E-state index contributed by atoms with van der Waals surface area (Å²) in [6.07, 6.45) is 4.31. The van der Waals surface area contributed by atoms with Crippen molar-refractivity contribution in [2.45, 2.75) is 130 Å². The number of benzene rings is 1. The Morgan fingerprint density at radius 3 is 2.33 bits per heavy atom. The Kier molecular flexibility index (Phi) is 17.7. The molecule has 3 rings (SSSR count). The number of nitrogens with one attached hydrogen (secondary N) is 1. The molecule has 2 N–H and O–H groups in total. The van der Waals surface area contributed by atoms with Gasteiger partial charge in [-0.25, -0.2) is 9.37 Å². The number of thiazole rings is 1. The van der Waals surface area contributed by atoms with E-state index < -0.39 is 47.6 Å². The van der Waals surface area contributed by atoms with Crippen LogP contribution in [0.1, 0.15) is 127 Å². The van der Waals surface area contributed by atoms with Crippen LogP contribution >= 0.6 is 11.3 Å². The van der Waals surface area contributed by atoms with Crippen LogP contribution in [-0.2, 0) is 30.3 Å². The largest absolute Gasteiger partial charge is 0.481 e. The molecule has 1 saturated heterocycles. The number of amides is 2. The quantitative estimate of drug-likeness (QED) is 0.127. The lowest BCUT2D eigenvalue weighted by Gasteiger charge is -2.39. The molecule has 0 aliphatic carbocycles. The molecule has 0 bridgehead atoms. The number of carboxylic acids is 1. The molecule has 0 spiro atoms. The molecule has 1 aromatic carbocycles. The van der Waals surface area contributed by atoms with Gasteiger partial charge in [-0.15, -0.1) is 11.3 Å². The summed E-state index contributed by atoms with van der Waals surface area (Å²) in [6, 6.07) is 4.71. The summed E-state index contributed by atoms with van der Waals surface area (Å²) >= 11 is 1.17. The van der Waals surface area contributed by atoms with E-state index in [2.05, 4.69) is 15.2 Å². The summed E-state index contributed by atoms with van der Waals surface area (Å²) in [6.45, 7) is 14.3. The molecule has 2 amide bonds. The number of Topliss-reactive ketones (excluding diaryl/α,β-unsaturated/α-hetero) is 1. The van der Waals surface area contributed by atoms with Crippen molar-refractivity contribution < 1.29 is 38.2 Å². The first-order valence-corrected chi connectivity index (χ1v) is 20.4. The molecular formula is C41H61FN4O7S. The zero-order valence-corrected chi connectivity index (χ0v) is 34.1. The van der Waals surface area contributed by atoms with E-state index in [9.17, 15) is 33.5 Å². The summed E-state index contributed by atoms with van der Waals surface area (Å²) in [7, 11) is 1.98. The van der Waals surface area contributed by atoms with Gasteiger partial charge < -0.3 is 20.1 Å². The number of esters is 1. The van der Waals surface area contributed by atoms with Gasteiger partial charge in [0, 0.05) is 49.7 Å². The van der Waals surface area contributed by atoms with Gasteiger partial charge in [0.2, 0.25) is 5.91 Å². The Morgan fingerprint density at radius 2 is 1.76 bits per heavy atom. The van der Waals surface area contributed by atoms with Gasteiger partial charge in [0.1, 0.15) is 16.5 Å². The fourth-order valence-corrected chi connectivity index (χ4v) is 8.19. The van der Waals surface area contributed by atoms with Gasteiger partial charge in [0.15, 0.2) is 11.9 Å². The van der Waals surface area contributed by atoms with E-state index in [-0.39, 0.29) is 67.0 Å². The maximum absolute atomic E-state index is 14.6. The van der Waals surface area contributed by atoms with Gasteiger partial charge in [0.05, 0.1) is 12.0 Å². The molecule has 13 heteroatoms.